The maximum Gasteiger partial charge on any atom is 0.305 e. The van der Waals surface area contributed by atoms with Crippen LogP contribution >= 0.6 is 0 Å². The van der Waals surface area contributed by atoms with E-state index in [2.05, 4.69) is 10.6 Å². The summed E-state index contributed by atoms with van der Waals surface area (Å²) in [5.74, 6) is -3.10. The summed E-state index contributed by atoms with van der Waals surface area (Å²) in [5.41, 5.74) is 2.84. The fourth-order valence-corrected chi connectivity index (χ4v) is 4.33. The van der Waals surface area contributed by atoms with E-state index in [1.807, 2.05) is 0 Å². The van der Waals surface area contributed by atoms with Gasteiger partial charge >= 0.3 is 5.97 Å². The zero-order valence-electron chi connectivity index (χ0n) is 19.1. The third kappa shape index (κ3) is 5.88. The SMILES string of the molecule is CO[C@H]1O[C@H](CO)[C@](O)([C@@H]2O[C@H](CO)[C@H](O)[C@@H](NC(=O)C(N)CC(=O)O)[C@H]2O)[C@H](O)[C@@H]1NC(C)=O. The first-order valence-electron chi connectivity index (χ1n) is 10.7. The Bertz CT molecular complexity index is 772. The molecule has 2 aliphatic heterocycles. The number of carbonyl (C=O) groups is 3. The van der Waals surface area contributed by atoms with Gasteiger partial charge in [0, 0.05) is 14.0 Å². The number of aliphatic carboxylic acids is 1. The minimum Gasteiger partial charge on any atom is -0.481 e. The molecule has 0 saturated carbocycles. The van der Waals surface area contributed by atoms with Crippen LogP contribution in [0.15, 0.2) is 0 Å². The van der Waals surface area contributed by atoms with E-state index < -0.39 is 104 Å². The van der Waals surface area contributed by atoms with Crippen LogP contribution in [0.4, 0.5) is 0 Å². The fraction of sp³-hybridized carbons (Fsp3) is 0.842. The Balaban J connectivity index is 2.44. The minimum absolute atomic E-state index is 0.643. The highest BCUT2D eigenvalue weighted by atomic mass is 16.7. The van der Waals surface area contributed by atoms with Crippen LogP contribution in [0.5, 0.6) is 0 Å². The molecular weight excluding hydrogens is 478 g/mol. The summed E-state index contributed by atoms with van der Waals surface area (Å²) in [6.07, 6.45) is -13.0. The van der Waals surface area contributed by atoms with Gasteiger partial charge < -0.3 is 66.3 Å². The molecule has 2 aliphatic rings. The number of carboxylic acid groups (broad SMARTS) is 1. The molecule has 1 unspecified atom stereocenters. The van der Waals surface area contributed by atoms with Crippen molar-refractivity contribution in [3.8, 4) is 0 Å². The van der Waals surface area contributed by atoms with E-state index in [4.69, 9.17) is 25.1 Å². The lowest BCUT2D eigenvalue weighted by Crippen LogP contribution is -2.80. The van der Waals surface area contributed by atoms with Crippen LogP contribution in [0.2, 0.25) is 0 Å². The first-order valence-corrected chi connectivity index (χ1v) is 10.7. The molecule has 0 radical (unpaired) electrons. The van der Waals surface area contributed by atoms with Gasteiger partial charge in [0.1, 0.15) is 48.3 Å². The lowest BCUT2D eigenvalue weighted by atomic mass is 9.73. The molecule has 2 rings (SSSR count). The maximum atomic E-state index is 12.4. The van der Waals surface area contributed by atoms with Crippen molar-refractivity contribution in [1.82, 2.24) is 10.6 Å². The minimum atomic E-state index is -2.68. The highest BCUT2D eigenvalue weighted by Gasteiger charge is 2.64. The Morgan fingerprint density at radius 1 is 1.06 bits per heavy atom. The Labute approximate surface area is 199 Å². The topological polar surface area (TPSA) is 271 Å². The molecule has 0 aromatic carbocycles. The summed E-state index contributed by atoms with van der Waals surface area (Å²) in [4.78, 5) is 34.9. The van der Waals surface area contributed by atoms with Crippen LogP contribution in [0.25, 0.3) is 0 Å². The van der Waals surface area contributed by atoms with Crippen molar-refractivity contribution >= 4 is 17.8 Å². The Kier molecular flexibility index (Phi) is 9.88. The average molecular weight is 511 g/mol. The van der Waals surface area contributed by atoms with Gasteiger partial charge in [-0.1, -0.05) is 0 Å². The van der Waals surface area contributed by atoms with Crippen LogP contribution in [0.3, 0.4) is 0 Å². The van der Waals surface area contributed by atoms with Crippen molar-refractivity contribution in [3.63, 3.8) is 0 Å². The van der Waals surface area contributed by atoms with E-state index in [9.17, 15) is 45.0 Å². The van der Waals surface area contributed by atoms with Crippen LogP contribution in [-0.4, -0.2) is 140 Å². The summed E-state index contributed by atoms with van der Waals surface area (Å²) in [5, 5.41) is 77.1. The fourth-order valence-electron chi connectivity index (χ4n) is 4.33. The van der Waals surface area contributed by atoms with Crippen LogP contribution in [0, 0.1) is 0 Å². The zero-order valence-corrected chi connectivity index (χ0v) is 19.1. The van der Waals surface area contributed by atoms with E-state index in [0.29, 0.717) is 0 Å². The number of ether oxygens (including phenoxy) is 3. The number of aliphatic hydroxyl groups excluding tert-OH is 5. The number of hydrogen-bond donors (Lipinski definition) is 10. The van der Waals surface area contributed by atoms with Gasteiger partial charge in [0.15, 0.2) is 6.29 Å². The zero-order chi connectivity index (χ0) is 26.7. The number of methoxy groups -OCH3 is 1. The summed E-state index contributed by atoms with van der Waals surface area (Å²) in [7, 11) is 1.18. The maximum absolute atomic E-state index is 12.4. The van der Waals surface area contributed by atoms with Gasteiger partial charge in [0.2, 0.25) is 11.8 Å². The predicted octanol–water partition coefficient (Wildman–Crippen LogP) is -6.28. The van der Waals surface area contributed by atoms with Gasteiger partial charge in [0.25, 0.3) is 0 Å². The summed E-state index contributed by atoms with van der Waals surface area (Å²) >= 11 is 0. The van der Waals surface area contributed by atoms with E-state index in [0.717, 1.165) is 6.92 Å². The Morgan fingerprint density at radius 3 is 2.17 bits per heavy atom. The molecule has 2 amide bonds. The number of rotatable bonds is 9. The second kappa shape index (κ2) is 11.8. The molecular formula is C19H33N3O13. The molecule has 202 valence electrons. The number of carboxylic acids is 1. The van der Waals surface area contributed by atoms with Crippen molar-refractivity contribution in [3.05, 3.63) is 0 Å². The first-order chi connectivity index (χ1) is 16.3. The van der Waals surface area contributed by atoms with Gasteiger partial charge in [-0.2, -0.15) is 0 Å². The van der Waals surface area contributed by atoms with Crippen molar-refractivity contribution in [2.75, 3.05) is 20.3 Å². The van der Waals surface area contributed by atoms with Gasteiger partial charge in [-0.15, -0.1) is 0 Å². The number of carbonyl (C=O) groups excluding carboxylic acids is 2. The molecule has 2 saturated heterocycles. The number of hydrogen-bond acceptors (Lipinski definition) is 13. The molecule has 0 aliphatic carbocycles. The van der Waals surface area contributed by atoms with Gasteiger partial charge in [0.05, 0.1) is 31.7 Å². The van der Waals surface area contributed by atoms with Crippen LogP contribution < -0.4 is 16.4 Å². The molecule has 0 aromatic heterocycles. The molecule has 0 aromatic rings. The number of amides is 2. The van der Waals surface area contributed by atoms with Gasteiger partial charge in [-0.05, 0) is 0 Å². The molecule has 11 N–H and O–H groups in total. The largest absolute Gasteiger partial charge is 0.481 e. The van der Waals surface area contributed by atoms with Gasteiger partial charge in [-0.25, -0.2) is 0 Å². The van der Waals surface area contributed by atoms with Crippen molar-refractivity contribution < 1.29 is 64.3 Å². The molecule has 11 atom stereocenters. The third-order valence-corrected chi connectivity index (χ3v) is 6.11. The van der Waals surface area contributed by atoms with E-state index in [1.165, 1.54) is 7.11 Å². The molecule has 0 bridgehead atoms. The number of nitrogens with one attached hydrogen (secondary N) is 2. The number of aliphatic hydroxyl groups is 6. The lowest BCUT2D eigenvalue weighted by Gasteiger charge is -2.55. The molecule has 16 nitrogen and oxygen atoms in total. The van der Waals surface area contributed by atoms with Crippen LogP contribution in [-0.2, 0) is 28.6 Å². The first kappa shape index (κ1) is 29.2. The normalized spacial score (nSPS) is 40.5. The Morgan fingerprint density at radius 2 is 1.69 bits per heavy atom. The quantitative estimate of drug-likeness (QED) is 0.138. The third-order valence-electron chi connectivity index (χ3n) is 6.11. The highest BCUT2D eigenvalue weighted by molar-refractivity contribution is 5.86. The Hall–Kier alpha value is -1.99. The lowest BCUT2D eigenvalue weighted by molar-refractivity contribution is -0.347. The highest BCUT2D eigenvalue weighted by Crippen LogP contribution is 2.39. The molecule has 35 heavy (non-hydrogen) atoms. The second-order valence-electron chi connectivity index (χ2n) is 8.47. The standard InChI is InChI=1S/C19H33N3O13/c1-6(25)21-12-15(30)19(32,9(5-24)35-18(12)33-2)16-14(29)11(13(28)8(4-23)34-16)22-17(31)7(20)3-10(26)27/h7-9,11-16,18,23-24,28-30,32H,3-5,20H2,1-2H3,(H,21,25)(H,22,31)(H,26,27)/t7?,8-,9-,11-,12+,13+,14-,15-,16-,18+,19-/m1/s1. The molecule has 0 spiro atoms. The predicted molar refractivity (Wildman–Crippen MR) is 111 cm³/mol. The molecule has 2 heterocycles. The molecule has 16 heteroatoms. The smallest absolute Gasteiger partial charge is 0.305 e. The average Bonchev–Trinajstić information content (AvgIpc) is 2.79. The van der Waals surface area contributed by atoms with Crippen molar-refractivity contribution in [2.24, 2.45) is 5.73 Å². The van der Waals surface area contributed by atoms with Crippen molar-refractivity contribution in [1.29, 1.82) is 0 Å². The monoisotopic (exact) mass is 511 g/mol. The van der Waals surface area contributed by atoms with Crippen LogP contribution in [0.1, 0.15) is 13.3 Å². The van der Waals surface area contributed by atoms with Gasteiger partial charge in [-0.3, -0.25) is 14.4 Å². The summed E-state index contributed by atoms with van der Waals surface area (Å²) in [6.45, 7) is -0.684. The summed E-state index contributed by atoms with van der Waals surface area (Å²) < 4.78 is 16.1. The molecule has 2 fully saturated rings. The van der Waals surface area contributed by atoms with E-state index >= 15 is 0 Å². The van der Waals surface area contributed by atoms with E-state index in [1.54, 1.807) is 0 Å². The number of nitrogens with two attached hydrogens (primary N) is 1. The van der Waals surface area contributed by atoms with Crippen molar-refractivity contribution in [2.45, 2.75) is 80.0 Å². The van der Waals surface area contributed by atoms with E-state index in [-0.39, 0.29) is 0 Å². The summed E-state index contributed by atoms with van der Waals surface area (Å²) in [6, 6.07) is -4.66. The second-order valence-corrected chi connectivity index (χ2v) is 8.47.